The molecule has 0 saturated heterocycles. The average Bonchev–Trinajstić information content (AvgIpc) is 2.20. The molecular weight excluding hydrogens is 178 g/mol. The number of aromatic hydroxyl groups is 1. The highest BCUT2D eigenvalue weighted by atomic mass is 16.5. The summed E-state index contributed by atoms with van der Waals surface area (Å²) in [5.74, 6) is 1.12. The van der Waals surface area contributed by atoms with Gasteiger partial charge in [-0.1, -0.05) is 0 Å². The van der Waals surface area contributed by atoms with Crippen molar-refractivity contribution < 1.29 is 9.84 Å². The van der Waals surface area contributed by atoms with Crippen molar-refractivity contribution in [1.29, 1.82) is 0 Å². The van der Waals surface area contributed by atoms with Gasteiger partial charge in [-0.2, -0.15) is 0 Å². The van der Waals surface area contributed by atoms with E-state index in [4.69, 9.17) is 4.74 Å². The van der Waals surface area contributed by atoms with Crippen LogP contribution in [0.25, 0.3) is 0 Å². The van der Waals surface area contributed by atoms with Gasteiger partial charge in [-0.15, -0.1) is 0 Å². The van der Waals surface area contributed by atoms with E-state index in [1.807, 2.05) is 33.0 Å². The van der Waals surface area contributed by atoms with E-state index >= 15 is 0 Å². The molecule has 3 nitrogen and oxygen atoms in total. The van der Waals surface area contributed by atoms with Crippen molar-refractivity contribution >= 4 is 0 Å². The second kappa shape index (κ2) is 4.33. The highest BCUT2D eigenvalue weighted by Gasteiger charge is 2.12. The molecule has 0 aliphatic carbocycles. The van der Waals surface area contributed by atoms with Gasteiger partial charge in [0.25, 0.3) is 0 Å². The van der Waals surface area contributed by atoms with Gasteiger partial charge < -0.3 is 15.2 Å². The van der Waals surface area contributed by atoms with Crippen molar-refractivity contribution in [3.63, 3.8) is 0 Å². The van der Waals surface area contributed by atoms with Crippen LogP contribution in [-0.4, -0.2) is 19.3 Å². The number of hydrogen-bond donors (Lipinski definition) is 2. The Balaban J connectivity index is 3.20. The Morgan fingerprint density at radius 1 is 1.43 bits per heavy atom. The number of hydrogen-bond acceptors (Lipinski definition) is 3. The first-order valence-electron chi connectivity index (χ1n) is 4.65. The maximum Gasteiger partial charge on any atom is 0.123 e. The van der Waals surface area contributed by atoms with Crippen LogP contribution in [0.1, 0.15) is 24.1 Å². The van der Waals surface area contributed by atoms with Crippen LogP contribution in [0.4, 0.5) is 0 Å². The van der Waals surface area contributed by atoms with Crippen molar-refractivity contribution in [3.8, 4) is 11.5 Å². The predicted molar refractivity (Wildman–Crippen MR) is 56.9 cm³/mol. The summed E-state index contributed by atoms with van der Waals surface area (Å²) in [4.78, 5) is 0. The first kappa shape index (κ1) is 10.9. The van der Waals surface area contributed by atoms with E-state index < -0.39 is 0 Å². The second-order valence-electron chi connectivity index (χ2n) is 3.39. The maximum absolute atomic E-state index is 9.82. The summed E-state index contributed by atoms with van der Waals surface area (Å²) in [6.07, 6.45) is 0. The molecular formula is C11H17NO2. The van der Waals surface area contributed by atoms with Gasteiger partial charge >= 0.3 is 0 Å². The summed E-state index contributed by atoms with van der Waals surface area (Å²) < 4.78 is 5.15. The van der Waals surface area contributed by atoms with Crippen LogP contribution in [0.3, 0.4) is 0 Å². The predicted octanol–water partition coefficient (Wildman–Crippen LogP) is 1.99. The number of nitrogens with one attached hydrogen (secondary N) is 1. The fourth-order valence-corrected chi connectivity index (χ4v) is 1.38. The van der Waals surface area contributed by atoms with E-state index in [2.05, 4.69) is 5.32 Å². The van der Waals surface area contributed by atoms with Crippen molar-refractivity contribution in [2.75, 3.05) is 14.2 Å². The number of methoxy groups -OCH3 is 1. The lowest BCUT2D eigenvalue weighted by molar-refractivity contribution is 0.407. The van der Waals surface area contributed by atoms with Crippen LogP contribution < -0.4 is 10.1 Å². The van der Waals surface area contributed by atoms with E-state index in [-0.39, 0.29) is 6.04 Å². The monoisotopic (exact) mass is 195 g/mol. The summed E-state index contributed by atoms with van der Waals surface area (Å²) >= 11 is 0. The van der Waals surface area contributed by atoms with Crippen LogP contribution in [0.2, 0.25) is 0 Å². The molecule has 0 aliphatic heterocycles. The third kappa shape index (κ3) is 1.99. The smallest absolute Gasteiger partial charge is 0.123 e. The largest absolute Gasteiger partial charge is 0.507 e. The van der Waals surface area contributed by atoms with E-state index in [1.165, 1.54) is 0 Å². The molecule has 0 unspecified atom stereocenters. The standard InChI is InChI=1S/C11H17NO2/c1-7-5-9(14-4)6-10(11(7)13)8(2)12-3/h5-6,8,12-13H,1-4H3/t8-/m1/s1. The van der Waals surface area contributed by atoms with Crippen LogP contribution in [0, 0.1) is 6.92 Å². The Labute approximate surface area is 84.7 Å². The Morgan fingerprint density at radius 2 is 2.07 bits per heavy atom. The van der Waals surface area contributed by atoms with Crippen molar-refractivity contribution in [3.05, 3.63) is 23.3 Å². The second-order valence-corrected chi connectivity index (χ2v) is 3.39. The summed E-state index contributed by atoms with van der Waals surface area (Å²) in [5.41, 5.74) is 1.70. The zero-order valence-corrected chi connectivity index (χ0v) is 9.09. The Morgan fingerprint density at radius 3 is 2.57 bits per heavy atom. The van der Waals surface area contributed by atoms with Gasteiger partial charge in [-0.05, 0) is 38.6 Å². The molecule has 1 aromatic rings. The lowest BCUT2D eigenvalue weighted by Gasteiger charge is -2.15. The quantitative estimate of drug-likeness (QED) is 0.775. The number of benzene rings is 1. The third-order valence-electron chi connectivity index (χ3n) is 2.44. The Kier molecular flexibility index (Phi) is 3.36. The van der Waals surface area contributed by atoms with E-state index in [0.717, 1.165) is 16.9 Å². The minimum absolute atomic E-state index is 0.115. The number of aryl methyl sites for hydroxylation is 1. The highest BCUT2D eigenvalue weighted by molar-refractivity contribution is 5.47. The van der Waals surface area contributed by atoms with Crippen molar-refractivity contribution in [2.45, 2.75) is 19.9 Å². The molecule has 0 amide bonds. The maximum atomic E-state index is 9.82. The van der Waals surface area contributed by atoms with Gasteiger partial charge in [-0.25, -0.2) is 0 Å². The molecule has 1 atom stereocenters. The van der Waals surface area contributed by atoms with E-state index in [9.17, 15) is 5.11 Å². The molecule has 0 aromatic heterocycles. The number of rotatable bonds is 3. The molecule has 78 valence electrons. The first-order valence-corrected chi connectivity index (χ1v) is 4.65. The Hall–Kier alpha value is -1.22. The van der Waals surface area contributed by atoms with Crippen LogP contribution >= 0.6 is 0 Å². The number of phenols is 1. The van der Waals surface area contributed by atoms with E-state index in [0.29, 0.717) is 5.75 Å². The fraction of sp³-hybridized carbons (Fsp3) is 0.455. The zero-order chi connectivity index (χ0) is 10.7. The number of ether oxygens (including phenoxy) is 1. The van der Waals surface area contributed by atoms with Gasteiger partial charge in [-0.3, -0.25) is 0 Å². The molecule has 0 fully saturated rings. The van der Waals surface area contributed by atoms with Crippen LogP contribution in [0.15, 0.2) is 12.1 Å². The molecule has 0 radical (unpaired) electrons. The van der Waals surface area contributed by atoms with Gasteiger partial charge in [0.1, 0.15) is 11.5 Å². The highest BCUT2D eigenvalue weighted by Crippen LogP contribution is 2.31. The fourth-order valence-electron chi connectivity index (χ4n) is 1.38. The SMILES string of the molecule is CN[C@H](C)c1cc(OC)cc(C)c1O. The van der Waals surface area contributed by atoms with Gasteiger partial charge in [0.05, 0.1) is 7.11 Å². The molecule has 1 rings (SSSR count). The number of phenolic OH excluding ortho intramolecular Hbond substituents is 1. The molecule has 2 N–H and O–H groups in total. The normalized spacial score (nSPS) is 12.6. The molecule has 0 aliphatic rings. The minimum Gasteiger partial charge on any atom is -0.507 e. The Bertz CT molecular complexity index is 323. The van der Waals surface area contributed by atoms with Gasteiger partial charge in [0, 0.05) is 11.6 Å². The molecule has 0 saturated carbocycles. The molecule has 1 aromatic carbocycles. The lowest BCUT2D eigenvalue weighted by Crippen LogP contribution is -2.12. The van der Waals surface area contributed by atoms with Crippen molar-refractivity contribution in [2.24, 2.45) is 0 Å². The average molecular weight is 195 g/mol. The summed E-state index contributed by atoms with van der Waals surface area (Å²) in [6.45, 7) is 3.86. The summed E-state index contributed by atoms with van der Waals surface area (Å²) in [6, 6.07) is 3.79. The zero-order valence-electron chi connectivity index (χ0n) is 9.09. The first-order chi connectivity index (χ1) is 6.60. The van der Waals surface area contributed by atoms with Crippen LogP contribution in [-0.2, 0) is 0 Å². The summed E-state index contributed by atoms with van der Waals surface area (Å²) in [5, 5.41) is 12.9. The van der Waals surface area contributed by atoms with E-state index in [1.54, 1.807) is 7.11 Å². The van der Waals surface area contributed by atoms with Crippen molar-refractivity contribution in [1.82, 2.24) is 5.32 Å². The lowest BCUT2D eigenvalue weighted by atomic mass is 10.0. The molecule has 0 spiro atoms. The molecule has 0 heterocycles. The minimum atomic E-state index is 0.115. The molecule has 3 heteroatoms. The van der Waals surface area contributed by atoms with Gasteiger partial charge in [0.15, 0.2) is 0 Å². The van der Waals surface area contributed by atoms with Gasteiger partial charge in [0.2, 0.25) is 0 Å². The topological polar surface area (TPSA) is 41.5 Å². The molecule has 0 bridgehead atoms. The molecule has 14 heavy (non-hydrogen) atoms. The third-order valence-corrected chi connectivity index (χ3v) is 2.44. The van der Waals surface area contributed by atoms with Crippen LogP contribution in [0.5, 0.6) is 11.5 Å². The summed E-state index contributed by atoms with van der Waals surface area (Å²) in [7, 11) is 3.48.